The van der Waals surface area contributed by atoms with E-state index in [1.807, 2.05) is 6.92 Å². The van der Waals surface area contributed by atoms with E-state index in [1.165, 1.54) is 0 Å². The number of hydrogen-bond donors (Lipinski definition) is 6. The van der Waals surface area contributed by atoms with Crippen molar-refractivity contribution in [3.63, 3.8) is 0 Å². The normalized spacial score (nSPS) is 21.1. The first-order valence-electron chi connectivity index (χ1n) is 10.9. The number of aliphatic hydroxyl groups is 3. The fraction of sp³-hybridized carbons (Fsp3) is 1.00. The van der Waals surface area contributed by atoms with Crippen LogP contribution in [-0.4, -0.2) is 53.3 Å². The van der Waals surface area contributed by atoms with Crippen molar-refractivity contribution in [3.05, 3.63) is 0 Å². The van der Waals surface area contributed by atoms with E-state index in [4.69, 9.17) is 17.2 Å². The molecule has 0 aromatic carbocycles. The van der Waals surface area contributed by atoms with E-state index < -0.39 is 18.3 Å². The van der Waals surface area contributed by atoms with Gasteiger partial charge in [0.25, 0.3) is 0 Å². The molecular weight excluding hydrogens is 342 g/mol. The number of nitrogens with two attached hydrogens (primary N) is 3. The van der Waals surface area contributed by atoms with E-state index in [0.29, 0.717) is 18.4 Å². The van der Waals surface area contributed by atoms with Gasteiger partial charge in [0, 0.05) is 19.6 Å². The van der Waals surface area contributed by atoms with Crippen LogP contribution in [0.25, 0.3) is 0 Å². The van der Waals surface area contributed by atoms with Crippen LogP contribution in [0.4, 0.5) is 0 Å². The highest BCUT2D eigenvalue weighted by Crippen LogP contribution is 2.32. The fourth-order valence-corrected chi connectivity index (χ4v) is 4.29. The van der Waals surface area contributed by atoms with Crippen LogP contribution in [0, 0.1) is 29.6 Å². The van der Waals surface area contributed by atoms with Crippen LogP contribution < -0.4 is 17.2 Å². The number of hydrogen-bond acceptors (Lipinski definition) is 6. The molecule has 164 valence electrons. The molecule has 0 radical (unpaired) electrons. The lowest BCUT2D eigenvalue weighted by Gasteiger charge is -2.32. The molecule has 0 spiro atoms. The highest BCUT2D eigenvalue weighted by Gasteiger charge is 2.27. The standard InChI is InChI=1S/C21H47N3O3/c1-5-16(9-15(4)19(25)11-22)10-18(21(27)13-24)8-14(3)7-17(6-2)20(26)12-23/h14-21,25-27H,5-13,22-24H2,1-4H3. The van der Waals surface area contributed by atoms with Gasteiger partial charge in [0.05, 0.1) is 18.3 Å². The Morgan fingerprint density at radius 2 is 1.11 bits per heavy atom. The SMILES string of the molecule is CCC(CC(C)C(O)CN)CC(CC(C)CC(CC)C(O)CN)C(O)CN. The summed E-state index contributed by atoms with van der Waals surface area (Å²) in [6.07, 6.45) is 4.05. The molecular formula is C21H47N3O3. The first-order chi connectivity index (χ1) is 12.7. The number of rotatable bonds is 16. The molecule has 0 fully saturated rings. The Labute approximate surface area is 166 Å². The van der Waals surface area contributed by atoms with Crippen molar-refractivity contribution < 1.29 is 15.3 Å². The minimum absolute atomic E-state index is 0.129. The zero-order chi connectivity index (χ0) is 21.0. The van der Waals surface area contributed by atoms with E-state index in [1.54, 1.807) is 0 Å². The molecule has 0 aromatic rings. The second kappa shape index (κ2) is 14.7. The van der Waals surface area contributed by atoms with Crippen LogP contribution in [0.2, 0.25) is 0 Å². The number of aliphatic hydroxyl groups excluding tert-OH is 3. The summed E-state index contributed by atoms with van der Waals surface area (Å²) in [5, 5.41) is 30.5. The Hall–Kier alpha value is -0.240. The van der Waals surface area contributed by atoms with Crippen LogP contribution in [0.5, 0.6) is 0 Å². The Morgan fingerprint density at radius 3 is 1.56 bits per heavy atom. The van der Waals surface area contributed by atoms with Gasteiger partial charge in [0.2, 0.25) is 0 Å². The van der Waals surface area contributed by atoms with E-state index in [2.05, 4.69) is 20.8 Å². The Bertz CT molecular complexity index is 360. The molecule has 0 aliphatic carbocycles. The third-order valence-corrected chi connectivity index (χ3v) is 6.32. The van der Waals surface area contributed by atoms with Gasteiger partial charge in [-0.05, 0) is 55.3 Å². The van der Waals surface area contributed by atoms with Gasteiger partial charge in [-0.1, -0.05) is 40.5 Å². The van der Waals surface area contributed by atoms with Gasteiger partial charge >= 0.3 is 0 Å². The van der Waals surface area contributed by atoms with Gasteiger partial charge in [-0.3, -0.25) is 0 Å². The van der Waals surface area contributed by atoms with Gasteiger partial charge in [0.15, 0.2) is 0 Å². The lowest BCUT2D eigenvalue weighted by Crippen LogP contribution is -2.34. The third-order valence-electron chi connectivity index (χ3n) is 6.32. The average Bonchev–Trinajstić information content (AvgIpc) is 2.68. The van der Waals surface area contributed by atoms with Gasteiger partial charge in [-0.2, -0.15) is 0 Å². The Kier molecular flexibility index (Phi) is 14.6. The zero-order valence-corrected chi connectivity index (χ0v) is 18.1. The zero-order valence-electron chi connectivity index (χ0n) is 18.1. The van der Waals surface area contributed by atoms with Gasteiger partial charge in [-0.25, -0.2) is 0 Å². The van der Waals surface area contributed by atoms with E-state index in [-0.39, 0.29) is 30.8 Å². The maximum absolute atomic E-state index is 10.5. The second-order valence-electron chi connectivity index (χ2n) is 8.64. The van der Waals surface area contributed by atoms with Crippen molar-refractivity contribution in [2.45, 2.75) is 84.5 Å². The molecule has 6 nitrogen and oxygen atoms in total. The maximum Gasteiger partial charge on any atom is 0.0690 e. The molecule has 0 saturated heterocycles. The largest absolute Gasteiger partial charge is 0.392 e. The monoisotopic (exact) mass is 389 g/mol. The molecule has 0 aromatic heterocycles. The first kappa shape index (κ1) is 26.8. The molecule has 0 heterocycles. The van der Waals surface area contributed by atoms with Gasteiger partial charge < -0.3 is 32.5 Å². The molecule has 0 rings (SSSR count). The summed E-state index contributed by atoms with van der Waals surface area (Å²) >= 11 is 0. The minimum Gasteiger partial charge on any atom is -0.392 e. The van der Waals surface area contributed by atoms with Crippen molar-refractivity contribution in [3.8, 4) is 0 Å². The quantitative estimate of drug-likeness (QED) is 0.236. The van der Waals surface area contributed by atoms with Crippen molar-refractivity contribution in [1.29, 1.82) is 0 Å². The van der Waals surface area contributed by atoms with Crippen LogP contribution in [0.15, 0.2) is 0 Å². The second-order valence-corrected chi connectivity index (χ2v) is 8.64. The van der Waals surface area contributed by atoms with Gasteiger partial charge in [-0.15, -0.1) is 0 Å². The van der Waals surface area contributed by atoms with E-state index in [9.17, 15) is 15.3 Å². The Balaban J connectivity index is 4.90. The fourth-order valence-electron chi connectivity index (χ4n) is 4.29. The first-order valence-corrected chi connectivity index (χ1v) is 10.9. The van der Waals surface area contributed by atoms with E-state index in [0.717, 1.165) is 38.5 Å². The van der Waals surface area contributed by atoms with Gasteiger partial charge in [0.1, 0.15) is 0 Å². The topological polar surface area (TPSA) is 139 Å². The molecule has 8 atom stereocenters. The summed E-state index contributed by atoms with van der Waals surface area (Å²) in [5.74, 6) is 1.28. The molecule has 9 N–H and O–H groups in total. The summed E-state index contributed by atoms with van der Waals surface area (Å²) in [4.78, 5) is 0. The summed E-state index contributed by atoms with van der Waals surface area (Å²) in [6.45, 7) is 9.30. The summed E-state index contributed by atoms with van der Waals surface area (Å²) in [7, 11) is 0. The highest BCUT2D eigenvalue weighted by atomic mass is 16.3. The molecule has 0 amide bonds. The molecule has 0 saturated carbocycles. The predicted molar refractivity (Wildman–Crippen MR) is 113 cm³/mol. The van der Waals surface area contributed by atoms with E-state index >= 15 is 0 Å². The smallest absolute Gasteiger partial charge is 0.0690 e. The van der Waals surface area contributed by atoms with Crippen LogP contribution in [0.1, 0.15) is 66.2 Å². The minimum atomic E-state index is -0.518. The molecule has 27 heavy (non-hydrogen) atoms. The van der Waals surface area contributed by atoms with Crippen LogP contribution in [-0.2, 0) is 0 Å². The predicted octanol–water partition coefficient (Wildman–Crippen LogP) is 1.45. The summed E-state index contributed by atoms with van der Waals surface area (Å²) < 4.78 is 0. The maximum atomic E-state index is 10.5. The molecule has 0 bridgehead atoms. The van der Waals surface area contributed by atoms with Crippen molar-refractivity contribution in [2.75, 3.05) is 19.6 Å². The molecule has 0 aliphatic heterocycles. The van der Waals surface area contributed by atoms with Crippen molar-refractivity contribution in [2.24, 2.45) is 46.8 Å². The van der Waals surface area contributed by atoms with Crippen molar-refractivity contribution >= 4 is 0 Å². The lowest BCUT2D eigenvalue weighted by molar-refractivity contribution is 0.0595. The highest BCUT2D eigenvalue weighted by molar-refractivity contribution is 4.79. The average molecular weight is 390 g/mol. The Morgan fingerprint density at radius 1 is 0.630 bits per heavy atom. The van der Waals surface area contributed by atoms with Crippen LogP contribution >= 0.6 is 0 Å². The molecule has 0 aliphatic rings. The lowest BCUT2D eigenvalue weighted by atomic mass is 9.77. The molecule has 8 unspecified atom stereocenters. The van der Waals surface area contributed by atoms with Crippen LogP contribution in [0.3, 0.4) is 0 Å². The van der Waals surface area contributed by atoms with Crippen molar-refractivity contribution in [1.82, 2.24) is 0 Å². The summed E-state index contributed by atoms with van der Waals surface area (Å²) in [5.41, 5.74) is 17.0. The summed E-state index contributed by atoms with van der Waals surface area (Å²) in [6, 6.07) is 0. The molecule has 6 heteroatoms. The third kappa shape index (κ3) is 10.2.